The molecule has 2 amide bonds. The van der Waals surface area contributed by atoms with Crippen molar-refractivity contribution in [3.05, 3.63) is 93.5 Å². The maximum absolute atomic E-state index is 14.0. The minimum absolute atomic E-state index is 0.00190. The third-order valence-corrected chi connectivity index (χ3v) is 8.84. The number of amides is 2. The summed E-state index contributed by atoms with van der Waals surface area (Å²) in [6, 6.07) is 17.7. The van der Waals surface area contributed by atoms with Crippen molar-refractivity contribution < 1.29 is 18.0 Å². The van der Waals surface area contributed by atoms with Crippen LogP contribution in [0.1, 0.15) is 37.0 Å². The fraction of sp³-hybridized carbons (Fsp3) is 0.310. The van der Waals surface area contributed by atoms with Crippen molar-refractivity contribution in [2.24, 2.45) is 0 Å². The van der Waals surface area contributed by atoms with Crippen LogP contribution in [0.5, 0.6) is 0 Å². The molecule has 0 bridgehead atoms. The van der Waals surface area contributed by atoms with E-state index in [9.17, 15) is 18.0 Å². The molecule has 208 valence electrons. The minimum Gasteiger partial charge on any atom is -0.355 e. The van der Waals surface area contributed by atoms with Gasteiger partial charge in [0.1, 0.15) is 12.6 Å². The van der Waals surface area contributed by atoms with E-state index in [-0.39, 0.29) is 33.1 Å². The van der Waals surface area contributed by atoms with Gasteiger partial charge in [-0.1, -0.05) is 83.7 Å². The molecule has 0 unspecified atom stereocenters. The second kappa shape index (κ2) is 13.3. The fourth-order valence-electron chi connectivity index (χ4n) is 4.25. The Morgan fingerprint density at radius 2 is 1.59 bits per heavy atom. The Morgan fingerprint density at radius 1 is 0.923 bits per heavy atom. The summed E-state index contributed by atoms with van der Waals surface area (Å²) in [5.74, 6) is -0.865. The predicted molar refractivity (Wildman–Crippen MR) is 157 cm³/mol. The molecule has 3 aromatic rings. The number of nitrogens with zero attached hydrogens (tertiary/aromatic N) is 2. The molecule has 0 aliphatic rings. The van der Waals surface area contributed by atoms with E-state index < -0.39 is 28.5 Å². The third kappa shape index (κ3) is 7.32. The number of hydrogen-bond donors (Lipinski definition) is 1. The predicted octanol–water partition coefficient (Wildman–Crippen LogP) is 5.75. The summed E-state index contributed by atoms with van der Waals surface area (Å²) in [5.41, 5.74) is 2.77. The molecule has 0 saturated heterocycles. The summed E-state index contributed by atoms with van der Waals surface area (Å²) >= 11 is 12.7. The molecule has 0 heterocycles. The van der Waals surface area contributed by atoms with E-state index in [1.54, 1.807) is 25.1 Å². The number of halogens is 2. The zero-order valence-corrected chi connectivity index (χ0v) is 24.8. The van der Waals surface area contributed by atoms with Crippen LogP contribution < -0.4 is 9.62 Å². The molecular formula is C29H33Cl2N3O4S. The highest BCUT2D eigenvalue weighted by Gasteiger charge is 2.34. The van der Waals surface area contributed by atoms with Crippen LogP contribution in [-0.2, 0) is 26.2 Å². The van der Waals surface area contributed by atoms with Gasteiger partial charge in [-0.2, -0.15) is 0 Å². The van der Waals surface area contributed by atoms with Crippen molar-refractivity contribution in [1.82, 2.24) is 10.2 Å². The van der Waals surface area contributed by atoms with Gasteiger partial charge in [0.25, 0.3) is 10.0 Å². The number of carbonyl (C=O) groups excluding carboxylic acids is 2. The van der Waals surface area contributed by atoms with E-state index >= 15 is 0 Å². The van der Waals surface area contributed by atoms with E-state index in [0.717, 1.165) is 21.0 Å². The first-order valence-electron chi connectivity index (χ1n) is 12.7. The van der Waals surface area contributed by atoms with E-state index in [1.807, 2.05) is 45.0 Å². The molecular weight excluding hydrogens is 557 g/mol. The number of nitrogens with one attached hydrogen (secondary N) is 1. The molecule has 0 saturated carbocycles. The zero-order chi connectivity index (χ0) is 28.7. The smallest absolute Gasteiger partial charge is 0.264 e. The Kier molecular flexibility index (Phi) is 10.4. The highest BCUT2D eigenvalue weighted by molar-refractivity contribution is 7.92. The van der Waals surface area contributed by atoms with Gasteiger partial charge in [-0.15, -0.1) is 0 Å². The Bertz CT molecular complexity index is 1430. The van der Waals surface area contributed by atoms with Crippen LogP contribution in [0.25, 0.3) is 0 Å². The summed E-state index contributed by atoms with van der Waals surface area (Å²) < 4.78 is 28.8. The number of anilines is 1. The minimum atomic E-state index is -4.24. The number of aryl methyl sites for hydroxylation is 2. The summed E-state index contributed by atoms with van der Waals surface area (Å²) in [4.78, 5) is 28.4. The highest BCUT2D eigenvalue weighted by Crippen LogP contribution is 2.35. The topological polar surface area (TPSA) is 86.8 Å². The van der Waals surface area contributed by atoms with Crippen molar-refractivity contribution in [3.63, 3.8) is 0 Å². The number of likely N-dealkylation sites (N-methyl/N-ethyl adjacent to an activating group) is 1. The average molecular weight is 591 g/mol. The Hall–Kier alpha value is -3.07. The third-order valence-electron chi connectivity index (χ3n) is 6.26. The molecule has 3 rings (SSSR count). The van der Waals surface area contributed by atoms with Gasteiger partial charge in [0.05, 0.1) is 20.6 Å². The lowest BCUT2D eigenvalue weighted by atomic mass is 10.1. The van der Waals surface area contributed by atoms with Crippen molar-refractivity contribution >= 4 is 50.7 Å². The van der Waals surface area contributed by atoms with Crippen molar-refractivity contribution in [2.75, 3.05) is 17.4 Å². The lowest BCUT2D eigenvalue weighted by molar-refractivity contribution is -0.140. The molecule has 0 aromatic heterocycles. The van der Waals surface area contributed by atoms with E-state index in [0.29, 0.717) is 13.0 Å². The Balaban J connectivity index is 2.11. The molecule has 10 heteroatoms. The van der Waals surface area contributed by atoms with Gasteiger partial charge < -0.3 is 10.2 Å². The highest BCUT2D eigenvalue weighted by atomic mass is 35.5. The van der Waals surface area contributed by atoms with Crippen molar-refractivity contribution in [1.29, 1.82) is 0 Å². The molecule has 1 atom stereocenters. The maximum Gasteiger partial charge on any atom is 0.264 e. The summed E-state index contributed by atoms with van der Waals surface area (Å²) in [6.07, 6.45) is 0.339. The van der Waals surface area contributed by atoms with Crippen LogP contribution in [0.2, 0.25) is 10.0 Å². The van der Waals surface area contributed by atoms with Crippen molar-refractivity contribution in [2.45, 2.75) is 51.6 Å². The largest absolute Gasteiger partial charge is 0.355 e. The molecule has 0 radical (unpaired) electrons. The van der Waals surface area contributed by atoms with Gasteiger partial charge >= 0.3 is 0 Å². The SMILES string of the molecule is CCNC(=O)[C@H](CC)N(Cc1cccc(C)c1)C(=O)CN(c1cccc(Cl)c1Cl)S(=O)(=O)c1ccc(C)cc1. The van der Waals surface area contributed by atoms with Gasteiger partial charge in [0, 0.05) is 13.1 Å². The Morgan fingerprint density at radius 3 is 2.21 bits per heavy atom. The number of hydrogen-bond acceptors (Lipinski definition) is 4. The lowest BCUT2D eigenvalue weighted by Gasteiger charge is -2.33. The maximum atomic E-state index is 14.0. The number of carbonyl (C=O) groups is 2. The molecule has 0 fully saturated rings. The summed E-state index contributed by atoms with van der Waals surface area (Å²) in [7, 11) is -4.24. The first-order valence-corrected chi connectivity index (χ1v) is 14.8. The first-order chi connectivity index (χ1) is 18.5. The zero-order valence-electron chi connectivity index (χ0n) is 22.4. The van der Waals surface area contributed by atoms with Crippen LogP contribution in [0.15, 0.2) is 71.6 Å². The van der Waals surface area contributed by atoms with E-state index in [2.05, 4.69) is 5.32 Å². The second-order valence-corrected chi connectivity index (χ2v) is 11.9. The molecule has 0 aliphatic heterocycles. The molecule has 0 aliphatic carbocycles. The monoisotopic (exact) mass is 589 g/mol. The Labute approximate surface area is 240 Å². The second-order valence-electron chi connectivity index (χ2n) is 9.23. The first kappa shape index (κ1) is 30.5. The van der Waals surface area contributed by atoms with Gasteiger partial charge in [-0.3, -0.25) is 13.9 Å². The fourth-order valence-corrected chi connectivity index (χ4v) is 6.13. The number of benzene rings is 3. The van der Waals surface area contributed by atoms with Crippen LogP contribution in [0, 0.1) is 13.8 Å². The van der Waals surface area contributed by atoms with Crippen LogP contribution >= 0.6 is 23.2 Å². The van der Waals surface area contributed by atoms with Crippen molar-refractivity contribution in [3.8, 4) is 0 Å². The van der Waals surface area contributed by atoms with E-state index in [4.69, 9.17) is 23.2 Å². The van der Waals surface area contributed by atoms with Gasteiger partial charge in [-0.05, 0) is 57.0 Å². The molecule has 3 aromatic carbocycles. The van der Waals surface area contributed by atoms with Gasteiger partial charge in [0.15, 0.2) is 0 Å². The van der Waals surface area contributed by atoms with Crippen LogP contribution in [-0.4, -0.2) is 44.3 Å². The van der Waals surface area contributed by atoms with E-state index in [1.165, 1.54) is 29.2 Å². The number of rotatable bonds is 11. The molecule has 7 nitrogen and oxygen atoms in total. The standard InChI is InChI=1S/C29H33Cl2N3O4S/c1-5-25(29(36)32-6-2)33(18-22-10-7-9-21(4)17-22)27(35)19-34(26-12-8-11-24(30)28(26)31)39(37,38)23-15-13-20(3)14-16-23/h7-17,25H,5-6,18-19H2,1-4H3,(H,32,36)/t25-/m0/s1. The molecule has 1 N–H and O–H groups in total. The van der Waals surface area contributed by atoms with Crippen LogP contribution in [0.3, 0.4) is 0 Å². The normalized spacial score (nSPS) is 12.1. The summed E-state index contributed by atoms with van der Waals surface area (Å²) in [5, 5.41) is 2.94. The van der Waals surface area contributed by atoms with Gasteiger partial charge in [0.2, 0.25) is 11.8 Å². The van der Waals surface area contributed by atoms with Crippen LogP contribution in [0.4, 0.5) is 5.69 Å². The lowest BCUT2D eigenvalue weighted by Crippen LogP contribution is -2.52. The quantitative estimate of drug-likeness (QED) is 0.308. The average Bonchev–Trinajstić information content (AvgIpc) is 2.89. The number of sulfonamides is 1. The molecule has 0 spiro atoms. The summed E-state index contributed by atoms with van der Waals surface area (Å²) in [6.45, 7) is 7.33. The van der Waals surface area contributed by atoms with Gasteiger partial charge in [-0.25, -0.2) is 8.42 Å². The molecule has 39 heavy (non-hydrogen) atoms.